The molecule has 0 atom stereocenters. The number of nitrogens with zero attached hydrogens (tertiary/aromatic N) is 1. The second-order valence-electron chi connectivity index (χ2n) is 5.97. The zero-order valence-corrected chi connectivity index (χ0v) is 12.1. The molecule has 0 radical (unpaired) electrons. The van der Waals surface area contributed by atoms with Gasteiger partial charge in [-0.1, -0.05) is 6.92 Å². The van der Waals surface area contributed by atoms with E-state index in [2.05, 4.69) is 17.1 Å². The maximum Gasteiger partial charge on any atom is 0.234 e. The largest absolute Gasteiger partial charge is 0.350 e. The number of amides is 1. The standard InChI is InChI=1S/C14H26N2O2/c1-5-14(2,3)15-13(18)10-16(4)11-6-8-12(17)9-7-11/h11H,5-10H2,1-4H3,(H,15,18). The van der Waals surface area contributed by atoms with E-state index in [-0.39, 0.29) is 11.4 Å². The summed E-state index contributed by atoms with van der Waals surface area (Å²) in [7, 11) is 1.97. The number of Topliss-reactive ketones (excluding diaryl/α,β-unsaturated/α-hetero) is 1. The number of rotatable bonds is 5. The summed E-state index contributed by atoms with van der Waals surface area (Å²) in [5.41, 5.74) is -0.138. The minimum Gasteiger partial charge on any atom is -0.350 e. The summed E-state index contributed by atoms with van der Waals surface area (Å²) in [5.74, 6) is 0.428. The van der Waals surface area contributed by atoms with Crippen molar-refractivity contribution >= 4 is 11.7 Å². The van der Waals surface area contributed by atoms with E-state index in [9.17, 15) is 9.59 Å². The van der Waals surface area contributed by atoms with Gasteiger partial charge in [-0.2, -0.15) is 0 Å². The summed E-state index contributed by atoms with van der Waals surface area (Å²) in [6, 6.07) is 0.373. The van der Waals surface area contributed by atoms with Gasteiger partial charge in [0, 0.05) is 24.4 Å². The molecule has 0 bridgehead atoms. The summed E-state index contributed by atoms with van der Waals surface area (Å²) in [6.07, 6.45) is 4.02. The first-order valence-corrected chi connectivity index (χ1v) is 6.87. The van der Waals surface area contributed by atoms with Crippen LogP contribution in [0.4, 0.5) is 0 Å². The number of hydrogen-bond donors (Lipinski definition) is 1. The van der Waals surface area contributed by atoms with E-state index >= 15 is 0 Å². The smallest absolute Gasteiger partial charge is 0.234 e. The fourth-order valence-corrected chi connectivity index (χ4v) is 2.23. The number of ketones is 1. The third-order valence-electron chi connectivity index (χ3n) is 3.89. The van der Waals surface area contributed by atoms with Gasteiger partial charge in [0.2, 0.25) is 5.91 Å². The predicted molar refractivity (Wildman–Crippen MR) is 72.4 cm³/mol. The lowest BCUT2D eigenvalue weighted by Gasteiger charge is -2.32. The lowest BCUT2D eigenvalue weighted by molar-refractivity contribution is -0.124. The molecule has 1 aliphatic rings. The van der Waals surface area contributed by atoms with Gasteiger partial charge in [-0.25, -0.2) is 0 Å². The fraction of sp³-hybridized carbons (Fsp3) is 0.857. The minimum atomic E-state index is -0.138. The summed E-state index contributed by atoms with van der Waals surface area (Å²) in [6.45, 7) is 6.55. The average Bonchev–Trinajstić information content (AvgIpc) is 2.29. The molecule has 0 aliphatic heterocycles. The Bertz CT molecular complexity index is 303. The van der Waals surface area contributed by atoms with Gasteiger partial charge in [0.25, 0.3) is 0 Å². The summed E-state index contributed by atoms with van der Waals surface area (Å²) in [4.78, 5) is 25.2. The quantitative estimate of drug-likeness (QED) is 0.813. The van der Waals surface area contributed by atoms with E-state index in [0.717, 1.165) is 19.3 Å². The second kappa shape index (κ2) is 6.32. The lowest BCUT2D eigenvalue weighted by atomic mass is 9.93. The second-order valence-corrected chi connectivity index (χ2v) is 5.97. The molecular weight excluding hydrogens is 228 g/mol. The van der Waals surface area contributed by atoms with E-state index < -0.39 is 0 Å². The van der Waals surface area contributed by atoms with Crippen molar-refractivity contribution in [1.82, 2.24) is 10.2 Å². The van der Waals surface area contributed by atoms with Crippen molar-refractivity contribution in [2.24, 2.45) is 0 Å². The highest BCUT2D eigenvalue weighted by Crippen LogP contribution is 2.19. The van der Waals surface area contributed by atoms with Crippen molar-refractivity contribution < 1.29 is 9.59 Å². The maximum absolute atomic E-state index is 11.9. The number of nitrogens with one attached hydrogen (secondary N) is 1. The molecule has 1 fully saturated rings. The number of hydrogen-bond acceptors (Lipinski definition) is 3. The van der Waals surface area contributed by atoms with Crippen LogP contribution in [0.15, 0.2) is 0 Å². The van der Waals surface area contributed by atoms with Crippen LogP contribution in [-0.2, 0) is 9.59 Å². The lowest BCUT2D eigenvalue weighted by Crippen LogP contribution is -2.48. The minimum absolute atomic E-state index is 0.0706. The Hall–Kier alpha value is -0.900. The highest BCUT2D eigenvalue weighted by Gasteiger charge is 2.25. The van der Waals surface area contributed by atoms with Crippen molar-refractivity contribution in [3.8, 4) is 0 Å². The van der Waals surface area contributed by atoms with Crippen molar-refractivity contribution in [3.63, 3.8) is 0 Å². The van der Waals surface area contributed by atoms with E-state index in [1.54, 1.807) is 0 Å². The van der Waals surface area contributed by atoms with Crippen LogP contribution >= 0.6 is 0 Å². The molecule has 18 heavy (non-hydrogen) atoms. The molecule has 0 spiro atoms. The molecular formula is C14H26N2O2. The van der Waals surface area contributed by atoms with Gasteiger partial charge < -0.3 is 5.32 Å². The van der Waals surface area contributed by atoms with Gasteiger partial charge >= 0.3 is 0 Å². The third-order valence-corrected chi connectivity index (χ3v) is 3.89. The van der Waals surface area contributed by atoms with Crippen LogP contribution in [0.3, 0.4) is 0 Å². The number of carbonyl (C=O) groups is 2. The maximum atomic E-state index is 11.9. The zero-order chi connectivity index (χ0) is 13.8. The molecule has 0 aromatic rings. The molecule has 0 heterocycles. The van der Waals surface area contributed by atoms with Gasteiger partial charge in [0.05, 0.1) is 6.54 Å². The predicted octanol–water partition coefficient (Wildman–Crippen LogP) is 1.73. The van der Waals surface area contributed by atoms with Gasteiger partial charge in [-0.15, -0.1) is 0 Å². The van der Waals surface area contributed by atoms with Crippen LogP contribution in [0.2, 0.25) is 0 Å². The Morgan fingerprint density at radius 1 is 1.39 bits per heavy atom. The van der Waals surface area contributed by atoms with Crippen LogP contribution in [0, 0.1) is 0 Å². The Labute approximate surface area is 110 Å². The van der Waals surface area contributed by atoms with Crippen LogP contribution in [0.1, 0.15) is 52.9 Å². The molecule has 0 unspecified atom stereocenters. The van der Waals surface area contributed by atoms with Crippen LogP contribution in [0.25, 0.3) is 0 Å². The zero-order valence-electron chi connectivity index (χ0n) is 12.1. The Morgan fingerprint density at radius 2 is 1.94 bits per heavy atom. The van der Waals surface area contributed by atoms with Crippen molar-refractivity contribution in [2.45, 2.75) is 64.5 Å². The van der Waals surface area contributed by atoms with Gasteiger partial charge in [-0.3, -0.25) is 14.5 Å². The molecule has 1 aliphatic carbocycles. The topological polar surface area (TPSA) is 49.4 Å². The molecule has 0 aromatic carbocycles. The van der Waals surface area contributed by atoms with Crippen molar-refractivity contribution in [1.29, 1.82) is 0 Å². The van der Waals surface area contributed by atoms with E-state index in [1.165, 1.54) is 0 Å². The molecule has 1 rings (SSSR count). The number of likely N-dealkylation sites (N-methyl/N-ethyl adjacent to an activating group) is 1. The van der Waals surface area contributed by atoms with Gasteiger partial charge in [0.1, 0.15) is 5.78 Å². The first-order valence-electron chi connectivity index (χ1n) is 6.87. The highest BCUT2D eigenvalue weighted by atomic mass is 16.2. The molecule has 1 amide bonds. The van der Waals surface area contributed by atoms with E-state index in [4.69, 9.17) is 0 Å². The summed E-state index contributed by atoms with van der Waals surface area (Å²) in [5, 5.41) is 3.04. The van der Waals surface area contributed by atoms with Crippen LogP contribution in [0.5, 0.6) is 0 Å². The Kier molecular flexibility index (Phi) is 5.32. The van der Waals surface area contributed by atoms with Crippen molar-refractivity contribution in [3.05, 3.63) is 0 Å². The molecule has 1 saturated carbocycles. The molecule has 4 heteroatoms. The van der Waals surface area contributed by atoms with Crippen LogP contribution in [-0.4, -0.2) is 41.8 Å². The van der Waals surface area contributed by atoms with E-state index in [0.29, 0.717) is 31.2 Å². The van der Waals surface area contributed by atoms with E-state index in [1.807, 2.05) is 20.9 Å². The molecule has 1 N–H and O–H groups in total. The summed E-state index contributed by atoms with van der Waals surface area (Å²) < 4.78 is 0. The first kappa shape index (κ1) is 15.2. The van der Waals surface area contributed by atoms with Crippen LogP contribution < -0.4 is 5.32 Å². The average molecular weight is 254 g/mol. The van der Waals surface area contributed by atoms with Crippen molar-refractivity contribution in [2.75, 3.05) is 13.6 Å². The number of carbonyl (C=O) groups excluding carboxylic acids is 2. The molecule has 0 saturated heterocycles. The Balaban J connectivity index is 2.37. The first-order chi connectivity index (χ1) is 8.34. The monoisotopic (exact) mass is 254 g/mol. The molecule has 104 valence electrons. The van der Waals surface area contributed by atoms with Gasteiger partial charge in [-0.05, 0) is 40.2 Å². The molecule has 0 aromatic heterocycles. The molecule has 4 nitrogen and oxygen atoms in total. The normalized spacial score (nSPS) is 18.2. The third kappa shape index (κ3) is 4.77. The summed E-state index contributed by atoms with van der Waals surface area (Å²) >= 11 is 0. The van der Waals surface area contributed by atoms with Gasteiger partial charge in [0.15, 0.2) is 0 Å². The SMILES string of the molecule is CCC(C)(C)NC(=O)CN(C)C1CCC(=O)CC1. The Morgan fingerprint density at radius 3 is 2.44 bits per heavy atom. The fourth-order valence-electron chi connectivity index (χ4n) is 2.23. The highest BCUT2D eigenvalue weighted by molar-refractivity contribution is 5.80.